The van der Waals surface area contributed by atoms with E-state index in [1.165, 1.54) is 23.5 Å². The van der Waals surface area contributed by atoms with Gasteiger partial charge in [-0.3, -0.25) is 9.69 Å². The molecule has 1 aromatic heterocycles. The van der Waals surface area contributed by atoms with Gasteiger partial charge in [0.25, 0.3) is 0 Å². The predicted octanol–water partition coefficient (Wildman–Crippen LogP) is 4.72. The molecule has 1 amide bonds. The Morgan fingerprint density at radius 1 is 1.14 bits per heavy atom. The van der Waals surface area contributed by atoms with Crippen LogP contribution in [0.3, 0.4) is 0 Å². The van der Waals surface area contributed by atoms with Crippen molar-refractivity contribution in [3.05, 3.63) is 53.8 Å². The van der Waals surface area contributed by atoms with E-state index in [9.17, 15) is 9.18 Å². The lowest BCUT2D eigenvalue weighted by Gasteiger charge is -2.22. The van der Waals surface area contributed by atoms with E-state index in [1.54, 1.807) is 28.8 Å². The SMILES string of the molecule is CSc1cccc2sc(N(CCN(C)C)C(=O)Cc3ccc(F)cc3)nc12.Cl. The normalized spacial score (nSPS) is 10.9. The summed E-state index contributed by atoms with van der Waals surface area (Å²) in [5, 5.41) is 0.709. The molecular formula is C20H23ClFN3OS2. The maximum Gasteiger partial charge on any atom is 0.233 e. The third-order valence-electron chi connectivity index (χ3n) is 4.16. The zero-order chi connectivity index (χ0) is 19.4. The molecule has 0 N–H and O–H groups in total. The highest BCUT2D eigenvalue weighted by Crippen LogP contribution is 2.34. The standard InChI is InChI=1S/C20H22FN3OS2.ClH/c1-23(2)11-12-24(18(25)13-14-7-9-15(21)10-8-14)20-22-19-16(26-3)5-4-6-17(19)27-20;/h4-10H,11-13H2,1-3H3;1H. The number of aromatic nitrogens is 1. The van der Waals surface area contributed by atoms with Gasteiger partial charge in [0.05, 0.1) is 16.6 Å². The highest BCUT2D eigenvalue weighted by Gasteiger charge is 2.21. The van der Waals surface area contributed by atoms with Crippen molar-refractivity contribution >= 4 is 56.8 Å². The Hall–Kier alpha value is -1.67. The lowest BCUT2D eigenvalue weighted by atomic mass is 10.1. The zero-order valence-electron chi connectivity index (χ0n) is 16.0. The van der Waals surface area contributed by atoms with Crippen molar-refractivity contribution in [2.24, 2.45) is 0 Å². The van der Waals surface area contributed by atoms with Gasteiger partial charge >= 0.3 is 0 Å². The number of carbonyl (C=O) groups is 1. The number of likely N-dealkylation sites (N-methyl/N-ethyl adjacent to an activating group) is 1. The summed E-state index contributed by atoms with van der Waals surface area (Å²) >= 11 is 3.18. The van der Waals surface area contributed by atoms with E-state index in [2.05, 4.69) is 0 Å². The van der Waals surface area contributed by atoms with Gasteiger partial charge in [-0.2, -0.15) is 0 Å². The summed E-state index contributed by atoms with van der Waals surface area (Å²) in [6, 6.07) is 12.2. The van der Waals surface area contributed by atoms with Crippen molar-refractivity contribution in [3.63, 3.8) is 0 Å². The molecule has 28 heavy (non-hydrogen) atoms. The summed E-state index contributed by atoms with van der Waals surface area (Å²) in [4.78, 5) is 22.7. The molecular weight excluding hydrogens is 417 g/mol. The zero-order valence-corrected chi connectivity index (χ0v) is 18.5. The van der Waals surface area contributed by atoms with Crippen molar-refractivity contribution in [2.75, 3.05) is 38.3 Å². The first-order chi connectivity index (χ1) is 13.0. The van der Waals surface area contributed by atoms with Gasteiger partial charge in [-0.25, -0.2) is 9.37 Å². The van der Waals surface area contributed by atoms with Gasteiger partial charge in [0.1, 0.15) is 5.82 Å². The Morgan fingerprint density at radius 2 is 1.86 bits per heavy atom. The molecule has 0 spiro atoms. The molecule has 0 bridgehead atoms. The third-order valence-corrected chi connectivity index (χ3v) is 5.97. The van der Waals surface area contributed by atoms with Crippen LogP contribution in [0.15, 0.2) is 47.4 Å². The lowest BCUT2D eigenvalue weighted by Crippen LogP contribution is -2.37. The first-order valence-corrected chi connectivity index (χ1v) is 10.6. The molecule has 0 radical (unpaired) electrons. The minimum atomic E-state index is -0.300. The van der Waals surface area contributed by atoms with Crippen molar-refractivity contribution < 1.29 is 9.18 Å². The topological polar surface area (TPSA) is 36.4 Å². The Bertz CT molecular complexity index is 931. The fraction of sp³-hybridized carbons (Fsp3) is 0.300. The first-order valence-electron chi connectivity index (χ1n) is 8.61. The molecule has 0 atom stereocenters. The Morgan fingerprint density at radius 3 is 2.50 bits per heavy atom. The number of para-hydroxylation sites is 1. The number of halogens is 2. The average molecular weight is 440 g/mol. The number of hydrogen-bond acceptors (Lipinski definition) is 5. The van der Waals surface area contributed by atoms with Crippen molar-refractivity contribution in [1.29, 1.82) is 0 Å². The Balaban J connectivity index is 0.00000280. The monoisotopic (exact) mass is 439 g/mol. The lowest BCUT2D eigenvalue weighted by molar-refractivity contribution is -0.118. The molecule has 3 aromatic rings. The predicted molar refractivity (Wildman–Crippen MR) is 120 cm³/mol. The van der Waals surface area contributed by atoms with Gasteiger partial charge in [-0.1, -0.05) is 29.5 Å². The van der Waals surface area contributed by atoms with Crippen LogP contribution in [-0.4, -0.2) is 49.2 Å². The minimum Gasteiger partial charge on any atom is -0.308 e. The molecule has 0 aliphatic carbocycles. The van der Waals surface area contributed by atoms with Crippen LogP contribution in [0.25, 0.3) is 10.2 Å². The van der Waals surface area contributed by atoms with Crippen LogP contribution in [0.1, 0.15) is 5.56 Å². The van der Waals surface area contributed by atoms with E-state index < -0.39 is 0 Å². The molecule has 8 heteroatoms. The molecule has 0 unspecified atom stereocenters. The number of hydrogen-bond donors (Lipinski definition) is 0. The van der Waals surface area contributed by atoms with Crippen molar-refractivity contribution in [2.45, 2.75) is 11.3 Å². The molecule has 150 valence electrons. The van der Waals surface area contributed by atoms with E-state index in [0.717, 1.165) is 27.2 Å². The maximum atomic E-state index is 13.1. The summed E-state index contributed by atoms with van der Waals surface area (Å²) < 4.78 is 14.2. The Kier molecular flexibility index (Phi) is 8.24. The number of thioether (sulfide) groups is 1. The van der Waals surface area contributed by atoms with Gasteiger partial charge in [0.15, 0.2) is 5.13 Å². The second-order valence-electron chi connectivity index (χ2n) is 6.46. The molecule has 2 aromatic carbocycles. The number of thiazole rings is 1. The molecule has 1 heterocycles. The number of anilines is 1. The highest BCUT2D eigenvalue weighted by molar-refractivity contribution is 7.98. The second kappa shape index (κ2) is 10.2. The number of carbonyl (C=O) groups excluding carboxylic acids is 1. The third kappa shape index (κ3) is 5.44. The van der Waals surface area contributed by atoms with Gasteiger partial charge in [0.2, 0.25) is 5.91 Å². The fourth-order valence-electron chi connectivity index (χ4n) is 2.69. The number of benzene rings is 2. The van der Waals surface area contributed by atoms with Crippen LogP contribution in [0, 0.1) is 5.82 Å². The molecule has 0 saturated carbocycles. The van der Waals surface area contributed by atoms with Crippen LogP contribution in [0.5, 0.6) is 0 Å². The van der Waals surface area contributed by atoms with E-state index >= 15 is 0 Å². The quantitative estimate of drug-likeness (QED) is 0.499. The van der Waals surface area contributed by atoms with Crippen LogP contribution in [-0.2, 0) is 11.2 Å². The van der Waals surface area contributed by atoms with Crippen molar-refractivity contribution in [3.8, 4) is 0 Å². The van der Waals surface area contributed by atoms with Crippen LogP contribution in [0.4, 0.5) is 9.52 Å². The number of amides is 1. The second-order valence-corrected chi connectivity index (χ2v) is 8.31. The van der Waals surface area contributed by atoms with Gasteiger partial charge in [-0.05, 0) is 50.2 Å². The van der Waals surface area contributed by atoms with Gasteiger partial charge in [-0.15, -0.1) is 24.2 Å². The van der Waals surface area contributed by atoms with E-state index in [1.807, 2.05) is 43.5 Å². The van der Waals surface area contributed by atoms with Crippen LogP contribution >= 0.6 is 35.5 Å². The van der Waals surface area contributed by atoms with E-state index in [0.29, 0.717) is 11.7 Å². The molecule has 0 fully saturated rings. The fourth-order valence-corrected chi connectivity index (χ4v) is 4.36. The molecule has 3 rings (SSSR count). The largest absolute Gasteiger partial charge is 0.308 e. The van der Waals surface area contributed by atoms with Gasteiger partial charge < -0.3 is 4.90 Å². The van der Waals surface area contributed by atoms with Crippen LogP contribution < -0.4 is 4.90 Å². The minimum absolute atomic E-state index is 0. The molecule has 0 aliphatic heterocycles. The number of fused-ring (bicyclic) bond motifs is 1. The van der Waals surface area contributed by atoms with Gasteiger partial charge in [0, 0.05) is 18.0 Å². The summed E-state index contributed by atoms with van der Waals surface area (Å²) in [7, 11) is 3.96. The maximum absolute atomic E-state index is 13.1. The number of nitrogens with zero attached hydrogens (tertiary/aromatic N) is 3. The first kappa shape index (κ1) is 22.6. The van der Waals surface area contributed by atoms with Crippen molar-refractivity contribution in [1.82, 2.24) is 9.88 Å². The average Bonchev–Trinajstić information content (AvgIpc) is 3.07. The summed E-state index contributed by atoms with van der Waals surface area (Å²) in [5.41, 5.74) is 1.73. The molecule has 4 nitrogen and oxygen atoms in total. The summed E-state index contributed by atoms with van der Waals surface area (Å²) in [5.74, 6) is -0.334. The number of rotatable bonds is 7. The summed E-state index contributed by atoms with van der Waals surface area (Å²) in [6.45, 7) is 1.29. The van der Waals surface area contributed by atoms with E-state index in [-0.39, 0.29) is 30.6 Å². The van der Waals surface area contributed by atoms with E-state index in [4.69, 9.17) is 4.98 Å². The highest BCUT2D eigenvalue weighted by atomic mass is 35.5. The Labute approximate surface area is 179 Å². The molecule has 0 aliphatic rings. The smallest absolute Gasteiger partial charge is 0.233 e. The molecule has 0 saturated heterocycles. The van der Waals surface area contributed by atoms with Crippen LogP contribution in [0.2, 0.25) is 0 Å². The summed E-state index contributed by atoms with van der Waals surface area (Å²) in [6.07, 6.45) is 2.25.